The molecule has 3 nitrogen and oxygen atoms in total. The predicted octanol–water partition coefficient (Wildman–Crippen LogP) is 1.28. The number of aliphatic hydroxyl groups excluding tert-OH is 1. The van der Waals surface area contributed by atoms with Gasteiger partial charge in [0.15, 0.2) is 0 Å². The average molecular weight is 203 g/mol. The second-order valence-electron chi connectivity index (χ2n) is 2.71. The molecule has 0 saturated heterocycles. The molecule has 0 fully saturated rings. The number of aliphatic hydroxyl groups is 1. The maximum absolute atomic E-state index is 11.9. The number of hydrogen-bond acceptors (Lipinski definition) is 3. The summed E-state index contributed by atoms with van der Waals surface area (Å²) < 4.78 is 28.1. The number of para-hydroxylation sites is 1. The van der Waals surface area contributed by atoms with Crippen LogP contribution >= 0.6 is 0 Å². The molecule has 0 aliphatic carbocycles. The Labute approximate surface area is 80.1 Å². The van der Waals surface area contributed by atoms with Gasteiger partial charge < -0.3 is 15.6 Å². The molecule has 0 radical (unpaired) electrons. The molecule has 1 atom stereocenters. The molecule has 0 saturated carbocycles. The smallest absolute Gasteiger partial charge is 0.387 e. The maximum Gasteiger partial charge on any atom is 0.387 e. The van der Waals surface area contributed by atoms with Crippen LogP contribution in [0.15, 0.2) is 24.3 Å². The Kier molecular flexibility index (Phi) is 3.79. The Morgan fingerprint density at radius 1 is 1.36 bits per heavy atom. The van der Waals surface area contributed by atoms with Crippen molar-refractivity contribution in [1.29, 1.82) is 0 Å². The molecule has 1 aromatic rings. The molecule has 78 valence electrons. The van der Waals surface area contributed by atoms with Gasteiger partial charge in [0.1, 0.15) is 5.75 Å². The zero-order valence-corrected chi connectivity index (χ0v) is 7.36. The van der Waals surface area contributed by atoms with Gasteiger partial charge in [0.25, 0.3) is 0 Å². The summed E-state index contributed by atoms with van der Waals surface area (Å²) in [5, 5.41) is 8.78. The van der Waals surface area contributed by atoms with Crippen molar-refractivity contribution in [3.8, 4) is 5.75 Å². The first-order valence-corrected chi connectivity index (χ1v) is 4.05. The summed E-state index contributed by atoms with van der Waals surface area (Å²) in [5.74, 6) is 0.00375. The SMILES string of the molecule is N[C@@H](CO)c1ccccc1OC(F)F. The number of halogens is 2. The number of benzene rings is 1. The summed E-state index contributed by atoms with van der Waals surface area (Å²) in [5.41, 5.74) is 5.87. The third kappa shape index (κ3) is 2.65. The first-order valence-electron chi connectivity index (χ1n) is 4.05. The van der Waals surface area contributed by atoms with E-state index in [1.807, 2.05) is 0 Å². The molecule has 5 heteroatoms. The van der Waals surface area contributed by atoms with Crippen molar-refractivity contribution in [2.24, 2.45) is 5.73 Å². The van der Waals surface area contributed by atoms with E-state index in [0.29, 0.717) is 5.56 Å². The van der Waals surface area contributed by atoms with Crippen LogP contribution in [-0.2, 0) is 0 Å². The molecule has 0 bridgehead atoms. The molecule has 14 heavy (non-hydrogen) atoms. The summed E-state index contributed by atoms with van der Waals surface area (Å²) in [4.78, 5) is 0. The first kappa shape index (κ1) is 10.9. The zero-order valence-electron chi connectivity index (χ0n) is 7.36. The third-order valence-electron chi connectivity index (χ3n) is 1.73. The number of hydrogen-bond donors (Lipinski definition) is 2. The number of rotatable bonds is 4. The van der Waals surface area contributed by atoms with Crippen LogP contribution in [0, 0.1) is 0 Å². The lowest BCUT2D eigenvalue weighted by molar-refractivity contribution is -0.0507. The van der Waals surface area contributed by atoms with E-state index in [1.54, 1.807) is 18.2 Å². The quantitative estimate of drug-likeness (QED) is 0.775. The highest BCUT2D eigenvalue weighted by atomic mass is 19.3. The number of nitrogens with two attached hydrogens (primary N) is 1. The number of ether oxygens (including phenoxy) is 1. The molecule has 1 rings (SSSR count). The fraction of sp³-hybridized carbons (Fsp3) is 0.333. The van der Waals surface area contributed by atoms with Crippen LogP contribution in [-0.4, -0.2) is 18.3 Å². The average Bonchev–Trinajstić information content (AvgIpc) is 2.16. The molecule has 0 aromatic heterocycles. The minimum Gasteiger partial charge on any atom is -0.434 e. The van der Waals surface area contributed by atoms with Crippen LogP contribution in [0.25, 0.3) is 0 Å². The van der Waals surface area contributed by atoms with Gasteiger partial charge in [-0.05, 0) is 6.07 Å². The summed E-state index contributed by atoms with van der Waals surface area (Å²) >= 11 is 0. The fourth-order valence-electron chi connectivity index (χ4n) is 1.09. The van der Waals surface area contributed by atoms with E-state index in [1.165, 1.54) is 6.07 Å². The van der Waals surface area contributed by atoms with Crippen molar-refractivity contribution in [2.75, 3.05) is 6.61 Å². The van der Waals surface area contributed by atoms with Gasteiger partial charge in [-0.15, -0.1) is 0 Å². The predicted molar refractivity (Wildman–Crippen MR) is 47.1 cm³/mol. The van der Waals surface area contributed by atoms with Crippen LogP contribution in [0.2, 0.25) is 0 Å². The molecule has 0 aliphatic rings. The van der Waals surface area contributed by atoms with E-state index in [2.05, 4.69) is 4.74 Å². The van der Waals surface area contributed by atoms with Gasteiger partial charge in [-0.25, -0.2) is 0 Å². The van der Waals surface area contributed by atoms with Crippen molar-refractivity contribution in [3.63, 3.8) is 0 Å². The minimum absolute atomic E-state index is 0.00375. The largest absolute Gasteiger partial charge is 0.434 e. The summed E-state index contributed by atoms with van der Waals surface area (Å²) in [6, 6.07) is 5.43. The monoisotopic (exact) mass is 203 g/mol. The van der Waals surface area contributed by atoms with Gasteiger partial charge in [0.2, 0.25) is 0 Å². The second kappa shape index (κ2) is 4.88. The number of alkyl halides is 2. The lowest BCUT2D eigenvalue weighted by Gasteiger charge is -2.14. The van der Waals surface area contributed by atoms with E-state index in [4.69, 9.17) is 10.8 Å². The van der Waals surface area contributed by atoms with Crippen LogP contribution < -0.4 is 10.5 Å². The Bertz CT molecular complexity index is 294. The molecular formula is C9H11F2NO2. The van der Waals surface area contributed by atoms with Gasteiger partial charge in [-0.1, -0.05) is 18.2 Å². The van der Waals surface area contributed by atoms with Gasteiger partial charge in [-0.2, -0.15) is 8.78 Å². The zero-order chi connectivity index (χ0) is 10.6. The normalized spacial score (nSPS) is 12.9. The molecule has 0 spiro atoms. The van der Waals surface area contributed by atoms with E-state index in [-0.39, 0.29) is 12.4 Å². The molecule has 0 amide bonds. The van der Waals surface area contributed by atoms with Crippen molar-refractivity contribution in [2.45, 2.75) is 12.7 Å². The fourth-order valence-corrected chi connectivity index (χ4v) is 1.09. The molecule has 0 unspecified atom stereocenters. The van der Waals surface area contributed by atoms with Crippen LogP contribution in [0.3, 0.4) is 0 Å². The second-order valence-corrected chi connectivity index (χ2v) is 2.71. The van der Waals surface area contributed by atoms with Gasteiger partial charge >= 0.3 is 6.61 Å². The van der Waals surface area contributed by atoms with Crippen molar-refractivity contribution in [3.05, 3.63) is 29.8 Å². The Morgan fingerprint density at radius 3 is 2.57 bits per heavy atom. The molecule has 3 N–H and O–H groups in total. The summed E-state index contributed by atoms with van der Waals surface area (Å²) in [6.45, 7) is -3.20. The Hall–Kier alpha value is -1.20. The Balaban J connectivity index is 2.91. The maximum atomic E-state index is 11.9. The van der Waals surface area contributed by atoms with E-state index < -0.39 is 12.7 Å². The van der Waals surface area contributed by atoms with Gasteiger partial charge in [0.05, 0.1) is 12.6 Å². The summed E-state index contributed by atoms with van der Waals surface area (Å²) in [7, 11) is 0. The van der Waals surface area contributed by atoms with E-state index in [9.17, 15) is 8.78 Å². The molecule has 0 heterocycles. The Morgan fingerprint density at radius 2 is 2.00 bits per heavy atom. The summed E-state index contributed by atoms with van der Waals surface area (Å²) in [6.07, 6.45) is 0. The lowest BCUT2D eigenvalue weighted by atomic mass is 10.1. The topological polar surface area (TPSA) is 55.5 Å². The highest BCUT2D eigenvalue weighted by Gasteiger charge is 2.13. The highest BCUT2D eigenvalue weighted by Crippen LogP contribution is 2.24. The first-order chi connectivity index (χ1) is 6.65. The van der Waals surface area contributed by atoms with Crippen LogP contribution in [0.5, 0.6) is 5.75 Å². The molecule has 0 aliphatic heterocycles. The van der Waals surface area contributed by atoms with Crippen molar-refractivity contribution >= 4 is 0 Å². The van der Waals surface area contributed by atoms with Crippen molar-refractivity contribution < 1.29 is 18.6 Å². The molecular weight excluding hydrogens is 192 g/mol. The minimum atomic E-state index is -2.89. The van der Waals surface area contributed by atoms with Gasteiger partial charge in [-0.3, -0.25) is 0 Å². The van der Waals surface area contributed by atoms with Crippen molar-refractivity contribution in [1.82, 2.24) is 0 Å². The standard InChI is InChI=1S/C9H11F2NO2/c10-9(11)14-8-4-2-1-3-6(8)7(12)5-13/h1-4,7,9,13H,5,12H2/t7-/m0/s1. The van der Waals surface area contributed by atoms with Crippen LogP contribution in [0.1, 0.15) is 11.6 Å². The van der Waals surface area contributed by atoms with Crippen LogP contribution in [0.4, 0.5) is 8.78 Å². The van der Waals surface area contributed by atoms with Gasteiger partial charge in [0, 0.05) is 5.56 Å². The van der Waals surface area contributed by atoms with E-state index >= 15 is 0 Å². The molecule has 1 aromatic carbocycles. The lowest BCUT2D eigenvalue weighted by Crippen LogP contribution is -2.16. The van der Waals surface area contributed by atoms with E-state index in [0.717, 1.165) is 0 Å². The highest BCUT2D eigenvalue weighted by molar-refractivity contribution is 5.35. The third-order valence-corrected chi connectivity index (χ3v) is 1.73.